The summed E-state index contributed by atoms with van der Waals surface area (Å²) < 4.78 is 22.7. The highest BCUT2D eigenvalue weighted by molar-refractivity contribution is 5.48. The van der Waals surface area contributed by atoms with Crippen molar-refractivity contribution in [3.8, 4) is 11.5 Å². The normalized spacial score (nSPS) is 27.2. The van der Waals surface area contributed by atoms with Gasteiger partial charge in [0.15, 0.2) is 11.5 Å². The third-order valence-electron chi connectivity index (χ3n) is 5.55. The molecule has 3 heterocycles. The second-order valence-corrected chi connectivity index (χ2v) is 7.03. The van der Waals surface area contributed by atoms with Crippen LogP contribution in [0, 0.1) is 5.92 Å². The number of hydrogen-bond acceptors (Lipinski definition) is 6. The van der Waals surface area contributed by atoms with Crippen molar-refractivity contribution in [2.24, 2.45) is 5.92 Å². The van der Waals surface area contributed by atoms with Crippen LogP contribution >= 0.6 is 0 Å². The Bertz CT molecular complexity index is 766. The molecule has 1 saturated carbocycles. The van der Waals surface area contributed by atoms with Crippen LogP contribution in [0.4, 0.5) is 0 Å². The molecule has 0 N–H and O–H groups in total. The summed E-state index contributed by atoms with van der Waals surface area (Å²) in [6.07, 6.45) is 2.80. The first-order chi connectivity index (χ1) is 11.8. The zero-order valence-electron chi connectivity index (χ0n) is 13.7. The largest absolute Gasteiger partial charge is 0.454 e. The van der Waals surface area contributed by atoms with E-state index < -0.39 is 0 Å². The molecule has 0 spiro atoms. The monoisotopic (exact) mass is 328 g/mol. The average molecular weight is 328 g/mol. The van der Waals surface area contributed by atoms with E-state index in [2.05, 4.69) is 29.3 Å². The number of fused-ring (bicyclic) bond motifs is 1. The molecule has 0 amide bonds. The Morgan fingerprint density at radius 2 is 1.88 bits per heavy atom. The third-order valence-corrected chi connectivity index (χ3v) is 5.55. The van der Waals surface area contributed by atoms with Crippen molar-refractivity contribution in [2.75, 3.05) is 20.0 Å². The lowest BCUT2D eigenvalue weighted by Crippen LogP contribution is -2.35. The molecule has 24 heavy (non-hydrogen) atoms. The summed E-state index contributed by atoms with van der Waals surface area (Å²) in [6.45, 7) is 3.87. The standard InChI is InChI=1S/C18H20N2O4/c1-11-8-13(11)16-19-20-17(24-16)18(4-6-21-7-5-18)12-2-3-14-15(9-12)23-10-22-14/h2-3,9,11,13H,4-8,10H2,1H3/t11-,13+/m0/s1. The van der Waals surface area contributed by atoms with Crippen LogP contribution in [0.3, 0.4) is 0 Å². The molecule has 1 aromatic carbocycles. The fraction of sp³-hybridized carbons (Fsp3) is 0.556. The maximum absolute atomic E-state index is 6.14. The summed E-state index contributed by atoms with van der Waals surface area (Å²) in [5.41, 5.74) is 0.830. The Morgan fingerprint density at radius 1 is 1.08 bits per heavy atom. The van der Waals surface area contributed by atoms with Gasteiger partial charge in [0.05, 0.1) is 5.41 Å². The van der Waals surface area contributed by atoms with Gasteiger partial charge in [-0.3, -0.25) is 0 Å². The summed E-state index contributed by atoms with van der Waals surface area (Å²) in [7, 11) is 0. The highest BCUT2D eigenvalue weighted by atomic mass is 16.7. The summed E-state index contributed by atoms with van der Waals surface area (Å²) in [6, 6.07) is 6.11. The highest BCUT2D eigenvalue weighted by Gasteiger charge is 2.44. The Labute approximate surface area is 140 Å². The number of rotatable bonds is 3. The van der Waals surface area contributed by atoms with E-state index in [0.717, 1.165) is 42.2 Å². The smallest absolute Gasteiger partial charge is 0.231 e. The van der Waals surface area contributed by atoms with Gasteiger partial charge in [0.2, 0.25) is 18.6 Å². The number of aromatic nitrogens is 2. The molecule has 2 aliphatic heterocycles. The minimum Gasteiger partial charge on any atom is -0.454 e. The van der Waals surface area contributed by atoms with Crippen LogP contribution in [0.25, 0.3) is 0 Å². The van der Waals surface area contributed by atoms with Gasteiger partial charge in [-0.05, 0) is 42.9 Å². The first kappa shape index (κ1) is 14.3. The summed E-state index contributed by atoms with van der Waals surface area (Å²) in [5, 5.41) is 8.77. The average Bonchev–Trinajstić information content (AvgIpc) is 3.06. The first-order valence-electron chi connectivity index (χ1n) is 8.58. The van der Waals surface area contributed by atoms with E-state index in [1.807, 2.05) is 6.07 Å². The van der Waals surface area contributed by atoms with Crippen LogP contribution in [-0.2, 0) is 10.2 Å². The van der Waals surface area contributed by atoms with Crippen LogP contribution in [0.1, 0.15) is 49.4 Å². The summed E-state index contributed by atoms with van der Waals surface area (Å²) in [4.78, 5) is 0. The molecule has 6 heteroatoms. The quantitative estimate of drug-likeness (QED) is 0.863. The lowest BCUT2D eigenvalue weighted by molar-refractivity contribution is 0.0539. The molecule has 2 atom stereocenters. The molecule has 1 aliphatic carbocycles. The molecule has 126 valence electrons. The number of hydrogen-bond donors (Lipinski definition) is 0. The number of benzene rings is 1. The van der Waals surface area contributed by atoms with Crippen LogP contribution in [0.15, 0.2) is 22.6 Å². The maximum Gasteiger partial charge on any atom is 0.231 e. The van der Waals surface area contributed by atoms with Gasteiger partial charge < -0.3 is 18.6 Å². The van der Waals surface area contributed by atoms with E-state index >= 15 is 0 Å². The molecule has 2 fully saturated rings. The molecule has 2 aromatic rings. The molecule has 3 aliphatic rings. The van der Waals surface area contributed by atoms with Crippen LogP contribution in [0.5, 0.6) is 11.5 Å². The van der Waals surface area contributed by atoms with Crippen LogP contribution in [0.2, 0.25) is 0 Å². The van der Waals surface area contributed by atoms with Crippen molar-refractivity contribution in [1.82, 2.24) is 10.2 Å². The van der Waals surface area contributed by atoms with E-state index in [0.29, 0.717) is 30.9 Å². The van der Waals surface area contributed by atoms with Gasteiger partial charge in [-0.1, -0.05) is 13.0 Å². The summed E-state index contributed by atoms with van der Waals surface area (Å²) in [5.74, 6) is 4.14. The minimum atomic E-state index is -0.303. The Balaban J connectivity index is 1.57. The predicted octanol–water partition coefficient (Wildman–Crippen LogP) is 3.02. The van der Waals surface area contributed by atoms with Crippen LogP contribution in [-0.4, -0.2) is 30.2 Å². The van der Waals surface area contributed by atoms with Crippen molar-refractivity contribution in [3.05, 3.63) is 35.5 Å². The molecule has 1 saturated heterocycles. The van der Waals surface area contributed by atoms with E-state index in [9.17, 15) is 0 Å². The fourth-order valence-corrected chi connectivity index (χ4v) is 3.78. The Morgan fingerprint density at radius 3 is 2.67 bits per heavy atom. The molecule has 0 bridgehead atoms. The lowest BCUT2D eigenvalue weighted by Gasteiger charge is -2.34. The van der Waals surface area contributed by atoms with Crippen molar-refractivity contribution < 1.29 is 18.6 Å². The first-order valence-corrected chi connectivity index (χ1v) is 8.58. The van der Waals surface area contributed by atoms with Gasteiger partial charge in [0.1, 0.15) is 0 Å². The number of nitrogens with zero attached hydrogens (tertiary/aromatic N) is 2. The van der Waals surface area contributed by atoms with Crippen molar-refractivity contribution in [3.63, 3.8) is 0 Å². The van der Waals surface area contributed by atoms with Gasteiger partial charge in [0, 0.05) is 19.1 Å². The minimum absolute atomic E-state index is 0.277. The van der Waals surface area contributed by atoms with Gasteiger partial charge in [-0.25, -0.2) is 0 Å². The maximum atomic E-state index is 6.14. The van der Waals surface area contributed by atoms with E-state index in [4.69, 9.17) is 18.6 Å². The van der Waals surface area contributed by atoms with Crippen molar-refractivity contribution in [1.29, 1.82) is 0 Å². The number of ether oxygens (including phenoxy) is 3. The van der Waals surface area contributed by atoms with Crippen LogP contribution < -0.4 is 9.47 Å². The van der Waals surface area contributed by atoms with Crippen molar-refractivity contribution in [2.45, 2.75) is 37.5 Å². The van der Waals surface area contributed by atoms with E-state index in [1.54, 1.807) is 0 Å². The Hall–Kier alpha value is -2.08. The summed E-state index contributed by atoms with van der Waals surface area (Å²) >= 11 is 0. The molecule has 0 unspecified atom stereocenters. The second kappa shape index (κ2) is 5.21. The Kier molecular flexibility index (Phi) is 3.10. The van der Waals surface area contributed by atoms with Gasteiger partial charge in [-0.15, -0.1) is 10.2 Å². The SMILES string of the molecule is C[C@H]1C[C@H]1c1nnc(C2(c3ccc4c(c3)OCO4)CCOCC2)o1. The molecule has 0 radical (unpaired) electrons. The second-order valence-electron chi connectivity index (χ2n) is 7.03. The molecular weight excluding hydrogens is 308 g/mol. The van der Waals surface area contributed by atoms with Gasteiger partial charge in [-0.2, -0.15) is 0 Å². The zero-order valence-corrected chi connectivity index (χ0v) is 13.7. The molecular formula is C18H20N2O4. The zero-order chi connectivity index (χ0) is 16.1. The third kappa shape index (κ3) is 2.13. The van der Waals surface area contributed by atoms with E-state index in [1.165, 1.54) is 0 Å². The highest BCUT2D eigenvalue weighted by Crippen LogP contribution is 2.49. The van der Waals surface area contributed by atoms with E-state index in [-0.39, 0.29) is 12.2 Å². The van der Waals surface area contributed by atoms with Gasteiger partial charge >= 0.3 is 0 Å². The predicted molar refractivity (Wildman–Crippen MR) is 84.2 cm³/mol. The topological polar surface area (TPSA) is 66.6 Å². The fourth-order valence-electron chi connectivity index (χ4n) is 3.78. The lowest BCUT2D eigenvalue weighted by atomic mass is 9.74. The van der Waals surface area contributed by atoms with Gasteiger partial charge in [0.25, 0.3) is 0 Å². The molecule has 6 nitrogen and oxygen atoms in total. The molecule has 1 aromatic heterocycles. The molecule has 5 rings (SSSR count). The van der Waals surface area contributed by atoms with Crippen molar-refractivity contribution >= 4 is 0 Å².